The van der Waals surface area contributed by atoms with Crippen molar-refractivity contribution in [2.45, 2.75) is 4.90 Å². The lowest BCUT2D eigenvalue weighted by molar-refractivity contribution is -0.384. The summed E-state index contributed by atoms with van der Waals surface area (Å²) in [5.74, 6) is -0.415. The van der Waals surface area contributed by atoms with Gasteiger partial charge >= 0.3 is 5.97 Å². The minimum atomic E-state index is -3.75. The van der Waals surface area contributed by atoms with Gasteiger partial charge in [-0.05, 0) is 54.1 Å². The molecule has 0 aliphatic rings. The van der Waals surface area contributed by atoms with Gasteiger partial charge in [-0.15, -0.1) is 0 Å². The Morgan fingerprint density at radius 3 is 2.20 bits per heavy atom. The number of hydrogen-bond acceptors (Lipinski definition) is 7. The van der Waals surface area contributed by atoms with E-state index in [-0.39, 0.29) is 21.9 Å². The summed E-state index contributed by atoms with van der Waals surface area (Å²) in [5.41, 5.74) is 0.612. The Hall–Kier alpha value is -4.05. The molecule has 0 unspecified atom stereocenters. The number of rotatable bonds is 7. The van der Waals surface area contributed by atoms with E-state index in [0.29, 0.717) is 5.56 Å². The predicted octanol–water partition coefficient (Wildman–Crippen LogP) is 3.13. The molecule has 0 fully saturated rings. The normalized spacial score (nSPS) is 11.2. The second-order valence-corrected chi connectivity index (χ2v) is 7.59. The van der Waals surface area contributed by atoms with Crippen molar-refractivity contribution in [2.24, 2.45) is 5.10 Å². The zero-order valence-electron chi connectivity index (χ0n) is 15.3. The minimum absolute atomic E-state index is 0.0932. The van der Waals surface area contributed by atoms with Crippen molar-refractivity contribution in [1.29, 1.82) is 0 Å². The monoisotopic (exact) mass is 425 g/mol. The van der Waals surface area contributed by atoms with Gasteiger partial charge < -0.3 is 4.74 Å². The lowest BCUT2D eigenvalue weighted by Gasteiger charge is -2.05. The van der Waals surface area contributed by atoms with Gasteiger partial charge in [0.1, 0.15) is 5.75 Å². The van der Waals surface area contributed by atoms with E-state index in [0.717, 1.165) is 0 Å². The number of esters is 1. The fraction of sp³-hybridized carbons (Fsp3) is 0. The van der Waals surface area contributed by atoms with Gasteiger partial charge in [0.2, 0.25) is 0 Å². The van der Waals surface area contributed by atoms with Crippen LogP contribution in [0.25, 0.3) is 0 Å². The van der Waals surface area contributed by atoms with Crippen LogP contribution in [0, 0.1) is 10.1 Å². The molecule has 0 amide bonds. The highest BCUT2D eigenvalue weighted by Gasteiger charge is 2.12. The lowest BCUT2D eigenvalue weighted by Crippen LogP contribution is -2.18. The fourth-order valence-electron chi connectivity index (χ4n) is 2.33. The molecule has 0 aromatic heterocycles. The summed E-state index contributed by atoms with van der Waals surface area (Å²) < 4.78 is 29.3. The molecular formula is C20H15N3O6S. The Morgan fingerprint density at radius 2 is 1.60 bits per heavy atom. The van der Waals surface area contributed by atoms with E-state index in [9.17, 15) is 23.3 Å². The van der Waals surface area contributed by atoms with Crippen LogP contribution in [0.3, 0.4) is 0 Å². The molecule has 0 radical (unpaired) electrons. The van der Waals surface area contributed by atoms with Gasteiger partial charge in [-0.25, -0.2) is 9.63 Å². The van der Waals surface area contributed by atoms with Crippen LogP contribution in [0.15, 0.2) is 88.9 Å². The van der Waals surface area contributed by atoms with Gasteiger partial charge in [-0.2, -0.15) is 13.5 Å². The summed E-state index contributed by atoms with van der Waals surface area (Å²) in [6.07, 6.45) is 1.31. The van der Waals surface area contributed by atoms with Crippen LogP contribution in [0.1, 0.15) is 15.9 Å². The molecule has 3 rings (SSSR count). The van der Waals surface area contributed by atoms with E-state index in [2.05, 4.69) is 9.93 Å². The predicted molar refractivity (Wildman–Crippen MR) is 109 cm³/mol. The molecule has 3 aromatic rings. The van der Waals surface area contributed by atoms with E-state index in [1.807, 2.05) is 0 Å². The van der Waals surface area contributed by atoms with Crippen molar-refractivity contribution in [1.82, 2.24) is 4.83 Å². The molecule has 0 heterocycles. The number of nitro benzene ring substituents is 1. The van der Waals surface area contributed by atoms with E-state index in [4.69, 9.17) is 4.74 Å². The summed E-state index contributed by atoms with van der Waals surface area (Å²) in [6, 6.07) is 19.0. The number of nitro groups is 1. The number of carbonyl (C=O) groups excluding carboxylic acids is 1. The van der Waals surface area contributed by atoms with Crippen molar-refractivity contribution >= 4 is 27.9 Å². The molecule has 0 atom stereocenters. The first-order valence-corrected chi connectivity index (χ1v) is 10.00. The number of carbonyl (C=O) groups is 1. The van der Waals surface area contributed by atoms with Crippen LogP contribution in [0.2, 0.25) is 0 Å². The summed E-state index contributed by atoms with van der Waals surface area (Å²) in [7, 11) is -3.75. The van der Waals surface area contributed by atoms with Gasteiger partial charge in [0.25, 0.3) is 15.7 Å². The van der Waals surface area contributed by atoms with Crippen LogP contribution < -0.4 is 9.57 Å². The van der Waals surface area contributed by atoms with E-state index in [1.54, 1.807) is 30.3 Å². The molecule has 0 aliphatic carbocycles. The molecular weight excluding hydrogens is 410 g/mol. The topological polar surface area (TPSA) is 128 Å². The first-order chi connectivity index (χ1) is 14.3. The number of benzene rings is 3. The first kappa shape index (κ1) is 20.7. The van der Waals surface area contributed by atoms with Gasteiger partial charge in [0.05, 0.1) is 21.6 Å². The zero-order valence-corrected chi connectivity index (χ0v) is 16.2. The Labute approximate surface area is 171 Å². The second kappa shape index (κ2) is 8.97. The Bertz CT molecular complexity index is 1180. The number of ether oxygens (including phenoxy) is 1. The molecule has 9 nitrogen and oxygen atoms in total. The summed E-state index contributed by atoms with van der Waals surface area (Å²) in [6.45, 7) is 0. The smallest absolute Gasteiger partial charge is 0.343 e. The highest BCUT2D eigenvalue weighted by atomic mass is 32.2. The van der Waals surface area contributed by atoms with Crippen molar-refractivity contribution in [3.63, 3.8) is 0 Å². The molecule has 1 N–H and O–H groups in total. The van der Waals surface area contributed by atoms with Crippen LogP contribution >= 0.6 is 0 Å². The first-order valence-electron chi connectivity index (χ1n) is 8.52. The average molecular weight is 425 g/mol. The van der Waals surface area contributed by atoms with Crippen LogP contribution in [-0.4, -0.2) is 25.5 Å². The zero-order chi connectivity index (χ0) is 21.6. The Kier molecular flexibility index (Phi) is 6.18. The van der Waals surface area contributed by atoms with Gasteiger partial charge in [-0.3, -0.25) is 10.1 Å². The molecule has 3 aromatic carbocycles. The number of nitrogens with zero attached hydrogens (tertiary/aromatic N) is 2. The van der Waals surface area contributed by atoms with Gasteiger partial charge in [0.15, 0.2) is 0 Å². The van der Waals surface area contributed by atoms with Crippen molar-refractivity contribution in [2.75, 3.05) is 0 Å². The number of non-ortho nitro benzene ring substituents is 1. The fourth-order valence-corrected chi connectivity index (χ4v) is 3.14. The van der Waals surface area contributed by atoms with Crippen LogP contribution in [-0.2, 0) is 10.0 Å². The summed E-state index contributed by atoms with van der Waals surface area (Å²) in [5, 5.41) is 14.4. The lowest BCUT2D eigenvalue weighted by atomic mass is 10.2. The number of hydrazone groups is 1. The minimum Gasteiger partial charge on any atom is -0.423 e. The second-order valence-electron chi connectivity index (χ2n) is 5.93. The highest BCUT2D eigenvalue weighted by Crippen LogP contribution is 2.16. The van der Waals surface area contributed by atoms with Crippen molar-refractivity contribution < 1.29 is 22.9 Å². The van der Waals surface area contributed by atoms with Crippen molar-refractivity contribution in [3.8, 4) is 5.75 Å². The molecule has 0 spiro atoms. The molecule has 152 valence electrons. The maximum Gasteiger partial charge on any atom is 0.343 e. The maximum atomic E-state index is 12.1. The number of hydrogen-bond donors (Lipinski definition) is 1. The standard InChI is InChI=1S/C20H15N3O6S/c24-20(16-8-10-17(11-9-16)23(25)26)29-18-12-6-15(7-13-18)14-21-22-30(27,28)19-4-2-1-3-5-19/h1-14,22H/b21-14+. The van der Waals surface area contributed by atoms with Crippen molar-refractivity contribution in [3.05, 3.63) is 100 Å². The SMILES string of the molecule is O=C(Oc1ccc(/C=N/NS(=O)(=O)c2ccccc2)cc1)c1ccc([N+](=O)[O-])cc1. The van der Waals surface area contributed by atoms with E-state index < -0.39 is 20.9 Å². The number of sulfonamides is 1. The highest BCUT2D eigenvalue weighted by molar-refractivity contribution is 7.89. The van der Waals surface area contributed by atoms with E-state index in [1.165, 1.54) is 54.7 Å². The molecule has 10 heteroatoms. The summed E-state index contributed by atoms with van der Waals surface area (Å²) >= 11 is 0. The third-order valence-electron chi connectivity index (χ3n) is 3.84. The molecule has 0 saturated heterocycles. The van der Waals surface area contributed by atoms with Gasteiger partial charge in [0, 0.05) is 12.1 Å². The third-order valence-corrected chi connectivity index (χ3v) is 5.08. The Balaban J connectivity index is 1.60. The molecule has 0 aliphatic heterocycles. The van der Waals surface area contributed by atoms with E-state index >= 15 is 0 Å². The summed E-state index contributed by atoms with van der Waals surface area (Å²) in [4.78, 5) is 24.4. The molecule has 0 bridgehead atoms. The quantitative estimate of drug-likeness (QED) is 0.204. The molecule has 30 heavy (non-hydrogen) atoms. The van der Waals surface area contributed by atoms with Crippen LogP contribution in [0.4, 0.5) is 5.69 Å². The van der Waals surface area contributed by atoms with Gasteiger partial charge in [-0.1, -0.05) is 18.2 Å². The maximum absolute atomic E-state index is 12.1. The van der Waals surface area contributed by atoms with Crippen LogP contribution in [0.5, 0.6) is 5.75 Å². The number of nitrogens with one attached hydrogen (secondary N) is 1. The molecule has 0 saturated carbocycles. The Morgan fingerprint density at radius 1 is 0.967 bits per heavy atom. The largest absolute Gasteiger partial charge is 0.423 e. The average Bonchev–Trinajstić information content (AvgIpc) is 2.75. The third kappa shape index (κ3) is 5.26.